The predicted molar refractivity (Wildman–Crippen MR) is 79.5 cm³/mol. The number of sulfone groups is 1. The Hall–Kier alpha value is -2.20. The number of rotatable bonds is 5. The first-order valence-corrected chi connectivity index (χ1v) is 8.29. The number of benzene rings is 2. The quantitative estimate of drug-likeness (QED) is 0.779. The van der Waals surface area contributed by atoms with Crippen molar-refractivity contribution in [1.82, 2.24) is 0 Å². The fourth-order valence-corrected chi connectivity index (χ4v) is 2.70. The van der Waals surface area contributed by atoms with Gasteiger partial charge in [-0.2, -0.15) is 13.2 Å². The molecular weight excluding hydrogens is 369 g/mol. The van der Waals surface area contributed by atoms with Crippen molar-refractivity contribution >= 4 is 15.5 Å². The van der Waals surface area contributed by atoms with Crippen LogP contribution in [0.15, 0.2) is 47.4 Å². The first-order chi connectivity index (χ1) is 11.5. The molecule has 0 saturated heterocycles. The highest BCUT2D eigenvalue weighted by Crippen LogP contribution is 2.30. The first kappa shape index (κ1) is 19.1. The Morgan fingerprint density at radius 2 is 1.60 bits per heavy atom. The van der Waals surface area contributed by atoms with Gasteiger partial charge < -0.3 is 10.4 Å². The molecule has 0 aliphatic carbocycles. The highest BCUT2D eigenvalue weighted by molar-refractivity contribution is 7.92. The number of aliphatic hydroxyl groups is 1. The maximum Gasteiger partial charge on any atom is 0.501 e. The molecule has 0 radical (unpaired) electrons. The van der Waals surface area contributed by atoms with E-state index in [2.05, 4.69) is 5.32 Å². The molecule has 0 aliphatic rings. The van der Waals surface area contributed by atoms with Crippen LogP contribution in [-0.4, -0.2) is 25.6 Å². The Morgan fingerprint density at radius 1 is 1.00 bits per heavy atom. The minimum absolute atomic E-state index is 0.0997. The molecule has 0 aliphatic heterocycles. The minimum atomic E-state index is -5.43. The number of aliphatic hydroxyl groups excluding tert-OH is 1. The van der Waals surface area contributed by atoms with E-state index < -0.39 is 38.0 Å². The van der Waals surface area contributed by atoms with E-state index in [1.54, 1.807) is 0 Å². The number of hydrogen-bond acceptors (Lipinski definition) is 4. The van der Waals surface area contributed by atoms with Crippen LogP contribution in [0, 0.1) is 11.6 Å². The van der Waals surface area contributed by atoms with Crippen LogP contribution >= 0.6 is 0 Å². The molecule has 25 heavy (non-hydrogen) atoms. The molecule has 2 rings (SSSR count). The average molecular weight is 381 g/mol. The minimum Gasteiger partial charge on any atom is -0.387 e. The van der Waals surface area contributed by atoms with E-state index in [-0.39, 0.29) is 17.8 Å². The van der Waals surface area contributed by atoms with Crippen LogP contribution in [0.3, 0.4) is 0 Å². The van der Waals surface area contributed by atoms with Gasteiger partial charge in [0.05, 0.1) is 11.0 Å². The van der Waals surface area contributed by atoms with E-state index in [4.69, 9.17) is 0 Å². The maximum atomic E-state index is 13.1. The molecule has 0 fully saturated rings. The van der Waals surface area contributed by atoms with Gasteiger partial charge in [-0.3, -0.25) is 0 Å². The third kappa shape index (κ3) is 4.26. The third-order valence-electron chi connectivity index (χ3n) is 3.30. The molecule has 4 nitrogen and oxygen atoms in total. The van der Waals surface area contributed by atoms with Gasteiger partial charge in [0.2, 0.25) is 0 Å². The zero-order chi connectivity index (χ0) is 18.8. The van der Waals surface area contributed by atoms with E-state index in [0.717, 1.165) is 36.4 Å². The summed E-state index contributed by atoms with van der Waals surface area (Å²) in [6.07, 6.45) is -1.21. The van der Waals surface area contributed by atoms with Crippen LogP contribution in [0.2, 0.25) is 0 Å². The van der Waals surface area contributed by atoms with Gasteiger partial charge >= 0.3 is 5.51 Å². The molecule has 2 aromatic carbocycles. The van der Waals surface area contributed by atoms with E-state index in [1.165, 1.54) is 6.07 Å². The van der Waals surface area contributed by atoms with E-state index in [1.807, 2.05) is 0 Å². The van der Waals surface area contributed by atoms with Crippen molar-refractivity contribution in [3.05, 3.63) is 59.7 Å². The Kier molecular flexibility index (Phi) is 5.33. The van der Waals surface area contributed by atoms with Crippen molar-refractivity contribution in [2.75, 3.05) is 11.9 Å². The van der Waals surface area contributed by atoms with Gasteiger partial charge in [0, 0.05) is 12.2 Å². The molecule has 0 saturated carbocycles. The largest absolute Gasteiger partial charge is 0.501 e. The van der Waals surface area contributed by atoms with Crippen molar-refractivity contribution in [1.29, 1.82) is 0 Å². The molecule has 2 aromatic rings. The summed E-state index contributed by atoms with van der Waals surface area (Å²) in [5.74, 6) is -2.19. The van der Waals surface area contributed by atoms with Crippen molar-refractivity contribution < 1.29 is 35.5 Å². The zero-order valence-corrected chi connectivity index (χ0v) is 13.2. The van der Waals surface area contributed by atoms with Gasteiger partial charge in [0.15, 0.2) is 11.6 Å². The highest BCUT2D eigenvalue weighted by atomic mass is 32.2. The maximum absolute atomic E-state index is 13.1. The summed E-state index contributed by atoms with van der Waals surface area (Å²) < 4.78 is 85.7. The molecule has 0 unspecified atom stereocenters. The third-order valence-corrected chi connectivity index (χ3v) is 4.80. The van der Waals surface area contributed by atoms with Crippen LogP contribution in [0.5, 0.6) is 0 Å². The lowest BCUT2D eigenvalue weighted by Crippen LogP contribution is -2.23. The molecular formula is C15H12F5NO3S. The highest BCUT2D eigenvalue weighted by Gasteiger charge is 2.46. The van der Waals surface area contributed by atoms with Crippen LogP contribution in [0.1, 0.15) is 11.7 Å². The van der Waals surface area contributed by atoms with Crippen molar-refractivity contribution in [3.8, 4) is 0 Å². The molecule has 0 amide bonds. The molecule has 1 atom stereocenters. The van der Waals surface area contributed by atoms with Crippen molar-refractivity contribution in [2.45, 2.75) is 16.5 Å². The van der Waals surface area contributed by atoms with Gasteiger partial charge in [0.25, 0.3) is 9.84 Å². The van der Waals surface area contributed by atoms with Gasteiger partial charge in [-0.1, -0.05) is 6.07 Å². The van der Waals surface area contributed by atoms with Gasteiger partial charge in [-0.05, 0) is 42.0 Å². The smallest absolute Gasteiger partial charge is 0.387 e. The fraction of sp³-hybridized carbons (Fsp3) is 0.200. The van der Waals surface area contributed by atoms with Gasteiger partial charge in [-0.15, -0.1) is 0 Å². The second-order valence-corrected chi connectivity index (χ2v) is 6.98. The van der Waals surface area contributed by atoms with Crippen LogP contribution in [0.25, 0.3) is 0 Å². The molecule has 2 N–H and O–H groups in total. The summed E-state index contributed by atoms with van der Waals surface area (Å²) in [5.41, 5.74) is -5.06. The summed E-state index contributed by atoms with van der Waals surface area (Å²) in [6.45, 7) is -0.156. The van der Waals surface area contributed by atoms with Gasteiger partial charge in [-0.25, -0.2) is 17.2 Å². The summed E-state index contributed by atoms with van der Waals surface area (Å²) in [6, 6.07) is 6.59. The van der Waals surface area contributed by atoms with Crippen LogP contribution in [0.4, 0.5) is 27.6 Å². The topological polar surface area (TPSA) is 66.4 Å². The van der Waals surface area contributed by atoms with E-state index >= 15 is 0 Å². The predicted octanol–water partition coefficient (Wildman–Crippen LogP) is 3.40. The molecule has 10 heteroatoms. The molecule has 0 bridgehead atoms. The number of anilines is 1. The number of halogens is 5. The summed E-state index contributed by atoms with van der Waals surface area (Å²) in [5, 5.41) is 12.5. The molecule has 0 aromatic heterocycles. The second-order valence-electron chi connectivity index (χ2n) is 5.04. The zero-order valence-electron chi connectivity index (χ0n) is 12.4. The lowest BCUT2D eigenvalue weighted by molar-refractivity contribution is -0.0436. The number of alkyl halides is 3. The lowest BCUT2D eigenvalue weighted by atomic mass is 10.1. The van der Waals surface area contributed by atoms with Crippen LogP contribution < -0.4 is 5.32 Å². The van der Waals surface area contributed by atoms with Crippen LogP contribution in [-0.2, 0) is 9.84 Å². The standard InChI is InChI=1S/C15H12F5NO3S/c16-12-6-1-9(7-13(12)17)14(22)8-21-10-2-4-11(5-3-10)25(23,24)15(18,19)20/h1-7,14,21-22H,8H2/t14-/m1/s1. The van der Waals surface area contributed by atoms with Crippen molar-refractivity contribution in [3.63, 3.8) is 0 Å². The monoisotopic (exact) mass is 381 g/mol. The molecule has 136 valence electrons. The molecule has 0 heterocycles. The normalized spacial score (nSPS) is 13.5. The van der Waals surface area contributed by atoms with Gasteiger partial charge in [0.1, 0.15) is 0 Å². The van der Waals surface area contributed by atoms with Crippen molar-refractivity contribution in [2.24, 2.45) is 0 Å². The summed E-state index contributed by atoms with van der Waals surface area (Å²) >= 11 is 0. The lowest BCUT2D eigenvalue weighted by Gasteiger charge is -2.14. The number of hydrogen-bond donors (Lipinski definition) is 2. The first-order valence-electron chi connectivity index (χ1n) is 6.80. The molecule has 0 spiro atoms. The summed E-state index contributed by atoms with van der Waals surface area (Å²) in [7, 11) is -5.43. The van der Waals surface area contributed by atoms with E-state index in [9.17, 15) is 35.5 Å². The SMILES string of the molecule is O=S(=O)(c1ccc(NC[C@@H](O)c2ccc(F)c(F)c2)cc1)C(F)(F)F. The average Bonchev–Trinajstić information content (AvgIpc) is 2.54. The number of nitrogens with one attached hydrogen (secondary N) is 1. The second kappa shape index (κ2) is 6.96. The Labute approximate surface area is 139 Å². The Morgan fingerprint density at radius 3 is 2.12 bits per heavy atom. The fourth-order valence-electron chi connectivity index (χ4n) is 1.94. The summed E-state index contributed by atoms with van der Waals surface area (Å²) in [4.78, 5) is -0.910. The Balaban J connectivity index is 2.05. The van der Waals surface area contributed by atoms with E-state index in [0.29, 0.717) is 0 Å². The Bertz CT molecular complexity index is 850.